The van der Waals surface area contributed by atoms with Gasteiger partial charge in [0.15, 0.2) is 11.0 Å². The van der Waals surface area contributed by atoms with Gasteiger partial charge in [-0.25, -0.2) is 13.0 Å². The van der Waals surface area contributed by atoms with Gasteiger partial charge in [-0.2, -0.15) is 8.75 Å². The number of aromatic nitrogens is 2. The van der Waals surface area contributed by atoms with Crippen LogP contribution in [0, 0.1) is 11.6 Å². The van der Waals surface area contributed by atoms with Crippen LogP contribution in [0.4, 0.5) is 14.5 Å². The number of nitrogens with zero attached hydrogens (tertiary/aromatic N) is 3. The summed E-state index contributed by atoms with van der Waals surface area (Å²) in [5.41, 5.74) is 3.01. The largest absolute Gasteiger partial charge is 0.327 e. The molecule has 3 aromatic carbocycles. The van der Waals surface area contributed by atoms with Crippen molar-refractivity contribution in [3.05, 3.63) is 81.3 Å². The predicted octanol–water partition coefficient (Wildman–Crippen LogP) is 5.58. The summed E-state index contributed by atoms with van der Waals surface area (Å²) in [6.07, 6.45) is 0. The molecule has 0 saturated carbocycles. The van der Waals surface area contributed by atoms with E-state index in [9.17, 15) is 17.8 Å². The zero-order chi connectivity index (χ0) is 23.3. The summed E-state index contributed by atoms with van der Waals surface area (Å²) in [6.45, 7) is 1.87. The van der Waals surface area contributed by atoms with Gasteiger partial charge in [-0.3, -0.25) is 4.79 Å². The zero-order valence-corrected chi connectivity index (χ0v) is 20.2. The third kappa shape index (κ3) is 3.94. The molecule has 0 fully saturated rings. The summed E-state index contributed by atoms with van der Waals surface area (Å²) in [4.78, 5) is 15.2. The number of benzene rings is 3. The van der Waals surface area contributed by atoms with E-state index in [-0.39, 0.29) is 18.0 Å². The Labute approximate surface area is 202 Å². The summed E-state index contributed by atoms with van der Waals surface area (Å²) in [7, 11) is -1.66. The molecule has 1 amide bonds. The maximum Gasteiger partial charge on any atom is 0.255 e. The molecule has 0 radical (unpaired) electrons. The molecule has 0 spiro atoms. The van der Waals surface area contributed by atoms with Crippen LogP contribution in [0.1, 0.15) is 34.5 Å². The van der Waals surface area contributed by atoms with E-state index >= 15 is 0 Å². The maximum absolute atomic E-state index is 14.4. The van der Waals surface area contributed by atoms with Gasteiger partial charge in [-0.15, -0.1) is 0 Å². The Morgan fingerprint density at radius 1 is 1.18 bits per heavy atom. The van der Waals surface area contributed by atoms with Gasteiger partial charge < -0.3 is 9.62 Å². The first-order chi connectivity index (χ1) is 15.8. The second-order valence-electron chi connectivity index (χ2n) is 7.51. The zero-order valence-electron chi connectivity index (χ0n) is 17.0. The molecule has 0 aliphatic carbocycles. The van der Waals surface area contributed by atoms with Gasteiger partial charge in [-0.05, 0) is 37.3 Å². The third-order valence-electron chi connectivity index (χ3n) is 5.57. The van der Waals surface area contributed by atoms with Gasteiger partial charge in [-0.1, -0.05) is 28.1 Å². The highest BCUT2D eigenvalue weighted by Gasteiger charge is 2.35. The van der Waals surface area contributed by atoms with Gasteiger partial charge in [0.05, 0.1) is 28.4 Å². The number of anilines is 1. The van der Waals surface area contributed by atoms with Crippen molar-refractivity contribution >= 4 is 61.3 Å². The topological polar surface area (TPSA) is 75.2 Å². The summed E-state index contributed by atoms with van der Waals surface area (Å²) in [6, 6.07) is 11.4. The lowest BCUT2D eigenvalue weighted by Gasteiger charge is -2.25. The molecule has 1 unspecified atom stereocenters. The smallest absolute Gasteiger partial charge is 0.255 e. The minimum atomic E-state index is -1.66. The molecule has 33 heavy (non-hydrogen) atoms. The minimum absolute atomic E-state index is 0.182. The molecule has 4 aromatic rings. The standard InChI is InChI=1S/C22H15BrF2N4O2S2/c1-11(14-6-5-13(24)9-17(14)25)29-10-16-15(22(29)30)7-12(23)8-19(16)28-33(31)20-4-2-3-18-21(20)27-32-26-18/h2-9,11,28H,10H2,1H3/t11-,33?/m1/s1. The third-order valence-corrected chi connectivity index (χ3v) is 7.70. The molecule has 2 atom stereocenters. The van der Waals surface area contributed by atoms with E-state index in [0.717, 1.165) is 17.8 Å². The Hall–Kier alpha value is -2.76. The normalized spacial score (nSPS) is 15.0. The number of carbonyl (C=O) groups is 1. The number of carbonyl (C=O) groups excluding carboxylic acids is 1. The van der Waals surface area contributed by atoms with Gasteiger partial charge in [0, 0.05) is 33.8 Å². The molecule has 11 heteroatoms. The molecule has 5 rings (SSSR count). The van der Waals surface area contributed by atoms with E-state index in [0.29, 0.717) is 37.2 Å². The van der Waals surface area contributed by atoms with Gasteiger partial charge in [0.1, 0.15) is 22.7 Å². The number of hydrogen-bond acceptors (Lipinski definition) is 5. The summed E-state index contributed by atoms with van der Waals surface area (Å²) in [5.74, 6) is -1.68. The monoisotopic (exact) mass is 548 g/mol. The van der Waals surface area contributed by atoms with Crippen molar-refractivity contribution in [2.75, 3.05) is 4.72 Å². The number of amides is 1. The van der Waals surface area contributed by atoms with Crippen molar-refractivity contribution in [3.63, 3.8) is 0 Å². The van der Waals surface area contributed by atoms with Crippen molar-refractivity contribution in [1.29, 1.82) is 0 Å². The molecular weight excluding hydrogens is 534 g/mol. The summed E-state index contributed by atoms with van der Waals surface area (Å²) < 4.78 is 52.9. The number of rotatable bonds is 5. The van der Waals surface area contributed by atoms with Crippen LogP contribution in [0.2, 0.25) is 0 Å². The molecule has 0 bridgehead atoms. The number of hydrogen-bond donors (Lipinski definition) is 1. The lowest BCUT2D eigenvalue weighted by Crippen LogP contribution is -2.28. The molecule has 1 aromatic heterocycles. The Morgan fingerprint density at radius 2 is 2.00 bits per heavy atom. The van der Waals surface area contributed by atoms with E-state index < -0.39 is 28.7 Å². The lowest BCUT2D eigenvalue weighted by molar-refractivity contribution is 0.0713. The molecule has 1 aliphatic heterocycles. The average Bonchev–Trinajstić information content (AvgIpc) is 3.38. The second-order valence-corrected chi connectivity index (χ2v) is 10.1. The Balaban J connectivity index is 1.48. The molecule has 168 valence electrons. The van der Waals surface area contributed by atoms with Crippen LogP contribution in [0.25, 0.3) is 11.0 Å². The van der Waals surface area contributed by atoms with Crippen LogP contribution in [-0.2, 0) is 17.5 Å². The average molecular weight is 549 g/mol. The van der Waals surface area contributed by atoms with Crippen LogP contribution >= 0.6 is 27.7 Å². The Morgan fingerprint density at radius 3 is 2.79 bits per heavy atom. The van der Waals surface area contributed by atoms with Gasteiger partial charge >= 0.3 is 0 Å². The van der Waals surface area contributed by atoms with Gasteiger partial charge in [0.25, 0.3) is 5.91 Å². The maximum atomic E-state index is 14.4. The van der Waals surface area contributed by atoms with Crippen LogP contribution in [-0.4, -0.2) is 23.8 Å². The van der Waals surface area contributed by atoms with Gasteiger partial charge in [0.2, 0.25) is 0 Å². The van der Waals surface area contributed by atoms with Crippen LogP contribution in [0.3, 0.4) is 0 Å². The first kappa shape index (κ1) is 22.1. The highest BCUT2D eigenvalue weighted by atomic mass is 79.9. The van der Waals surface area contributed by atoms with Crippen LogP contribution in [0.5, 0.6) is 0 Å². The molecule has 6 nitrogen and oxygen atoms in total. The summed E-state index contributed by atoms with van der Waals surface area (Å²) in [5, 5.41) is 0. The minimum Gasteiger partial charge on any atom is -0.327 e. The van der Waals surface area contributed by atoms with E-state index in [4.69, 9.17) is 0 Å². The predicted molar refractivity (Wildman–Crippen MR) is 126 cm³/mol. The van der Waals surface area contributed by atoms with E-state index in [1.807, 2.05) is 0 Å². The van der Waals surface area contributed by atoms with E-state index in [2.05, 4.69) is 29.4 Å². The fraction of sp³-hybridized carbons (Fsp3) is 0.136. The SMILES string of the molecule is C[C@H](c1ccc(F)cc1F)N1Cc2c(NS(=O)c3cccc4nsnc34)cc(Br)cc2C1=O. The number of fused-ring (bicyclic) bond motifs is 2. The fourth-order valence-electron chi connectivity index (χ4n) is 3.89. The highest BCUT2D eigenvalue weighted by molar-refractivity contribution is 9.10. The van der Waals surface area contributed by atoms with Crippen LogP contribution in [0.15, 0.2) is 57.9 Å². The second kappa shape index (κ2) is 8.54. The van der Waals surface area contributed by atoms with Crippen molar-refractivity contribution < 1.29 is 17.8 Å². The molecule has 2 heterocycles. The molecule has 1 aliphatic rings. The van der Waals surface area contributed by atoms with Crippen molar-refractivity contribution in [2.45, 2.75) is 24.4 Å². The number of halogens is 3. The Bertz CT molecular complexity index is 1450. The molecule has 0 saturated heterocycles. The Kier molecular flexibility index (Phi) is 5.71. The van der Waals surface area contributed by atoms with Crippen molar-refractivity contribution in [2.24, 2.45) is 0 Å². The van der Waals surface area contributed by atoms with E-state index in [1.54, 1.807) is 37.3 Å². The fourth-order valence-corrected chi connectivity index (χ4v) is 5.98. The lowest BCUT2D eigenvalue weighted by atomic mass is 10.1. The van der Waals surface area contributed by atoms with E-state index in [1.165, 1.54) is 17.0 Å². The summed E-state index contributed by atoms with van der Waals surface area (Å²) >= 11 is 4.45. The van der Waals surface area contributed by atoms with Crippen molar-refractivity contribution in [3.8, 4) is 0 Å². The first-order valence-corrected chi connectivity index (χ1v) is 12.5. The first-order valence-electron chi connectivity index (χ1n) is 9.81. The quantitative estimate of drug-likeness (QED) is 0.353. The number of nitrogens with one attached hydrogen (secondary N) is 1. The highest BCUT2D eigenvalue weighted by Crippen LogP contribution is 2.38. The van der Waals surface area contributed by atoms with Crippen molar-refractivity contribution in [1.82, 2.24) is 13.6 Å². The molecular formula is C22H15BrF2N4O2S2. The molecule has 1 N–H and O–H groups in total. The van der Waals surface area contributed by atoms with Crippen LogP contribution < -0.4 is 4.72 Å².